The van der Waals surface area contributed by atoms with Gasteiger partial charge in [-0.2, -0.15) is 13.2 Å². The van der Waals surface area contributed by atoms with Crippen molar-refractivity contribution in [2.75, 3.05) is 26.2 Å². The number of nitrogens with zero attached hydrogens (tertiary/aromatic N) is 1. The summed E-state index contributed by atoms with van der Waals surface area (Å²) in [5, 5.41) is 25.6. The molecule has 1 fully saturated rings. The number of alkyl halides is 3. The number of hydrogen-bond donors (Lipinski definition) is 9. The Morgan fingerprint density at radius 3 is 2.00 bits per heavy atom. The summed E-state index contributed by atoms with van der Waals surface area (Å²) in [4.78, 5) is 96.0. The number of primary amides is 2. The smallest absolute Gasteiger partial charge is 0.475 e. The first kappa shape index (κ1) is 40.7. The Labute approximate surface area is 270 Å². The van der Waals surface area contributed by atoms with E-state index in [-0.39, 0.29) is 6.42 Å². The first-order chi connectivity index (χ1) is 22.4. The molecule has 0 saturated carbocycles. The molecule has 1 aromatic carbocycles. The number of halogens is 3. The van der Waals surface area contributed by atoms with Gasteiger partial charge in [0.15, 0.2) is 0 Å². The summed E-state index contributed by atoms with van der Waals surface area (Å²) in [5.41, 5.74) is 16.7. The summed E-state index contributed by atoms with van der Waals surface area (Å²) in [5.74, 6) is -8.19. The van der Waals surface area contributed by atoms with Gasteiger partial charge in [-0.3, -0.25) is 33.6 Å². The van der Waals surface area contributed by atoms with Gasteiger partial charge in [0.2, 0.25) is 41.4 Å². The molecule has 12 N–H and O–H groups in total. The number of amides is 7. The van der Waals surface area contributed by atoms with Gasteiger partial charge in [-0.25, -0.2) is 4.79 Å². The minimum absolute atomic E-state index is 0.00840. The molecule has 0 radical (unpaired) electrons. The van der Waals surface area contributed by atoms with Crippen molar-refractivity contribution in [2.24, 2.45) is 17.2 Å². The lowest BCUT2D eigenvalue weighted by Crippen LogP contribution is -2.57. The second-order valence-corrected chi connectivity index (χ2v) is 10.2. The van der Waals surface area contributed by atoms with Crippen molar-refractivity contribution in [3.8, 4) is 0 Å². The van der Waals surface area contributed by atoms with Crippen LogP contribution in [0.25, 0.3) is 0 Å². The van der Waals surface area contributed by atoms with Gasteiger partial charge in [-0.15, -0.1) is 0 Å². The Balaban J connectivity index is 0.00000148. The molecule has 1 aliphatic heterocycles. The van der Waals surface area contributed by atoms with E-state index in [0.29, 0.717) is 24.9 Å². The van der Waals surface area contributed by atoms with Crippen molar-refractivity contribution in [1.82, 2.24) is 26.2 Å². The third kappa shape index (κ3) is 14.4. The number of carbonyl (C=O) groups excluding carboxylic acids is 7. The topological polar surface area (TPSA) is 306 Å². The van der Waals surface area contributed by atoms with Crippen molar-refractivity contribution >= 4 is 47.3 Å². The maximum atomic E-state index is 13.1. The minimum Gasteiger partial charge on any atom is -0.475 e. The van der Waals surface area contributed by atoms with Crippen molar-refractivity contribution in [2.45, 2.75) is 56.0 Å². The lowest BCUT2D eigenvalue weighted by molar-refractivity contribution is -0.192. The third-order valence-electron chi connectivity index (χ3n) is 6.49. The molecule has 0 aliphatic carbocycles. The van der Waals surface area contributed by atoms with Crippen LogP contribution < -0.4 is 38.5 Å². The van der Waals surface area contributed by atoms with Crippen LogP contribution in [0.4, 0.5) is 13.2 Å². The highest BCUT2D eigenvalue weighted by atomic mass is 19.4. The van der Waals surface area contributed by atoms with Gasteiger partial charge in [-0.1, -0.05) is 30.3 Å². The van der Waals surface area contributed by atoms with Crippen LogP contribution in [0.2, 0.25) is 0 Å². The molecule has 266 valence electrons. The first-order valence-corrected chi connectivity index (χ1v) is 14.1. The number of carboxylic acid groups (broad SMARTS) is 1. The lowest BCUT2D eigenvalue weighted by Gasteiger charge is -2.24. The highest BCUT2D eigenvalue weighted by molar-refractivity contribution is 5.96. The van der Waals surface area contributed by atoms with Gasteiger partial charge < -0.3 is 53.6 Å². The number of aliphatic hydroxyl groups is 1. The van der Waals surface area contributed by atoms with Crippen LogP contribution in [0.3, 0.4) is 0 Å². The molecule has 4 atom stereocenters. The number of hydrogen-bond acceptors (Lipinski definition) is 10. The maximum absolute atomic E-state index is 13.1. The minimum atomic E-state index is -5.08. The average molecular weight is 691 g/mol. The van der Waals surface area contributed by atoms with E-state index in [1.165, 1.54) is 4.90 Å². The Bertz CT molecular complexity index is 1330. The van der Waals surface area contributed by atoms with Crippen molar-refractivity contribution in [1.29, 1.82) is 0 Å². The van der Waals surface area contributed by atoms with E-state index >= 15 is 0 Å². The summed E-state index contributed by atoms with van der Waals surface area (Å²) in [7, 11) is 0. The Kier molecular flexibility index (Phi) is 16.4. The van der Waals surface area contributed by atoms with E-state index in [0.717, 1.165) is 0 Å². The lowest BCUT2D eigenvalue weighted by atomic mass is 10.0. The molecule has 1 aromatic rings. The first-order valence-electron chi connectivity index (χ1n) is 14.1. The molecule has 21 heteroatoms. The molecule has 18 nitrogen and oxygen atoms in total. The van der Waals surface area contributed by atoms with Crippen molar-refractivity contribution in [3.05, 3.63) is 35.9 Å². The molecule has 1 aliphatic rings. The number of aliphatic hydroxyl groups excluding tert-OH is 1. The zero-order chi connectivity index (χ0) is 36.6. The molecule has 0 unspecified atom stereocenters. The predicted molar refractivity (Wildman–Crippen MR) is 157 cm³/mol. The molecular formula is C27H37F3N8O10. The fraction of sp³-hybridized carbons (Fsp3) is 0.481. The Morgan fingerprint density at radius 2 is 1.48 bits per heavy atom. The summed E-state index contributed by atoms with van der Waals surface area (Å²) in [6, 6.07) is 3.80. The highest BCUT2D eigenvalue weighted by Gasteiger charge is 2.38. The molecule has 1 saturated heterocycles. The van der Waals surface area contributed by atoms with Crippen molar-refractivity contribution in [3.63, 3.8) is 0 Å². The van der Waals surface area contributed by atoms with Gasteiger partial charge >= 0.3 is 12.1 Å². The van der Waals surface area contributed by atoms with Gasteiger partial charge in [-0.05, 0) is 18.4 Å². The van der Waals surface area contributed by atoms with E-state index in [1.807, 2.05) is 0 Å². The number of aliphatic carboxylic acids is 1. The number of nitrogens with one attached hydrogen (secondary N) is 4. The normalized spacial score (nSPS) is 15.8. The Hall–Kier alpha value is -5.31. The fourth-order valence-corrected chi connectivity index (χ4v) is 4.09. The van der Waals surface area contributed by atoms with Crippen LogP contribution >= 0.6 is 0 Å². The summed E-state index contributed by atoms with van der Waals surface area (Å²) in [6.45, 7) is -1.39. The van der Waals surface area contributed by atoms with Crippen LogP contribution in [0, 0.1) is 0 Å². The molecule has 0 bridgehead atoms. The Morgan fingerprint density at radius 1 is 0.896 bits per heavy atom. The van der Waals surface area contributed by atoms with E-state index in [2.05, 4.69) is 21.3 Å². The second kappa shape index (κ2) is 19.4. The fourth-order valence-electron chi connectivity index (χ4n) is 4.09. The van der Waals surface area contributed by atoms with E-state index < -0.39 is 104 Å². The van der Waals surface area contributed by atoms with Crippen LogP contribution in [-0.2, 0) is 44.8 Å². The molecule has 7 amide bonds. The number of rotatable bonds is 15. The van der Waals surface area contributed by atoms with Gasteiger partial charge in [0.1, 0.15) is 24.2 Å². The molecule has 1 heterocycles. The summed E-state index contributed by atoms with van der Waals surface area (Å²) in [6.07, 6.45) is -4.68. The predicted octanol–water partition coefficient (Wildman–Crippen LogP) is -4.26. The number of nitrogens with two attached hydrogens (primary N) is 3. The monoisotopic (exact) mass is 690 g/mol. The van der Waals surface area contributed by atoms with Crippen LogP contribution in [0.15, 0.2) is 30.3 Å². The highest BCUT2D eigenvalue weighted by Crippen LogP contribution is 2.16. The summed E-state index contributed by atoms with van der Waals surface area (Å²) < 4.78 is 31.7. The van der Waals surface area contributed by atoms with E-state index in [9.17, 15) is 46.7 Å². The molecule has 48 heavy (non-hydrogen) atoms. The van der Waals surface area contributed by atoms with Crippen LogP contribution in [-0.4, -0.2) is 119 Å². The zero-order valence-corrected chi connectivity index (χ0v) is 25.3. The standard InChI is InChI=1S/C25H36N8O8.C2HF3O2/c26-15(13-34)23(39)31-16(9-14-5-2-1-3-6-14)25(41)32-17(10-19(27)35)24(40)30-11-20(36)29-12-21(37)33-8-4-7-18(33)22(28)38;3-2(4,5)1(6)7/h1-3,5-6,15-18,34H,4,7-13,26H2,(H2,27,35)(H2,28,38)(H,29,36)(H,30,40)(H,31,39)(H,32,41);(H,6,7)/t15-,16-,17-,18-;/m0./s1. The SMILES string of the molecule is NC(=O)C[C@H](NC(=O)[C@H](Cc1ccccc1)NC(=O)[C@@H](N)CO)C(=O)NCC(=O)NCC(=O)N1CCC[C@H]1C(N)=O.O=C(O)C(F)(F)F. The average Bonchev–Trinajstić information content (AvgIpc) is 3.52. The molecule has 0 aromatic heterocycles. The quantitative estimate of drug-likeness (QED) is 0.0849. The number of carboxylic acids is 1. The summed E-state index contributed by atoms with van der Waals surface area (Å²) >= 11 is 0. The largest absolute Gasteiger partial charge is 0.490 e. The van der Waals surface area contributed by atoms with Gasteiger partial charge in [0.25, 0.3) is 0 Å². The third-order valence-corrected chi connectivity index (χ3v) is 6.49. The second-order valence-electron chi connectivity index (χ2n) is 10.2. The van der Waals surface area contributed by atoms with Gasteiger partial charge in [0, 0.05) is 13.0 Å². The van der Waals surface area contributed by atoms with Crippen LogP contribution in [0.1, 0.15) is 24.8 Å². The van der Waals surface area contributed by atoms with E-state index in [1.54, 1.807) is 30.3 Å². The molecule has 0 spiro atoms. The number of benzene rings is 1. The van der Waals surface area contributed by atoms with Crippen LogP contribution in [0.5, 0.6) is 0 Å². The molecule has 2 rings (SSSR count). The van der Waals surface area contributed by atoms with Gasteiger partial charge in [0.05, 0.1) is 26.1 Å². The number of carbonyl (C=O) groups is 8. The zero-order valence-electron chi connectivity index (χ0n) is 25.3. The maximum Gasteiger partial charge on any atom is 0.490 e. The number of likely N-dealkylation sites (tertiary alicyclic amines) is 1. The van der Waals surface area contributed by atoms with Crippen molar-refractivity contribution < 1.29 is 61.7 Å². The molecular weight excluding hydrogens is 653 g/mol. The van der Waals surface area contributed by atoms with E-state index in [4.69, 9.17) is 32.2 Å².